The number of benzene rings is 2. The molecule has 2 rings (SSSR count). The Morgan fingerprint density at radius 3 is 2.27 bits per heavy atom. The van der Waals surface area contributed by atoms with Crippen LogP contribution in [0.5, 0.6) is 5.75 Å². The number of phenolic OH excluding ortho intramolecular Hbond substituents is 1. The third-order valence-electron chi connectivity index (χ3n) is 3.45. The van der Waals surface area contributed by atoms with Crippen LogP contribution in [0.25, 0.3) is 0 Å². The Morgan fingerprint density at radius 2 is 1.68 bits per heavy atom. The lowest BCUT2D eigenvalue weighted by Gasteiger charge is -2.22. The largest absolute Gasteiger partial charge is 0.508 e. The molecular weight excluding hydrogens is 282 g/mol. The summed E-state index contributed by atoms with van der Waals surface area (Å²) in [5.74, 6) is 0.179. The molecule has 0 saturated carbocycles. The molecular formula is C17H19NO4. The summed E-state index contributed by atoms with van der Waals surface area (Å²) < 4.78 is 0. The normalized spacial score (nSPS) is 11.9. The van der Waals surface area contributed by atoms with E-state index in [0.717, 1.165) is 5.56 Å². The predicted molar refractivity (Wildman–Crippen MR) is 82.8 cm³/mol. The zero-order valence-corrected chi connectivity index (χ0v) is 12.1. The Labute approximate surface area is 129 Å². The Bertz CT molecular complexity index is 598. The van der Waals surface area contributed by atoms with Crippen LogP contribution >= 0.6 is 0 Å². The molecule has 0 bridgehead atoms. The molecule has 0 spiro atoms. The van der Waals surface area contributed by atoms with Crippen LogP contribution < -0.4 is 0 Å². The molecule has 3 N–H and O–H groups in total. The highest BCUT2D eigenvalue weighted by molar-refractivity contribution is 5.65. The van der Waals surface area contributed by atoms with Gasteiger partial charge in [-0.05, 0) is 29.7 Å². The van der Waals surface area contributed by atoms with Crippen molar-refractivity contribution in [3.8, 4) is 5.75 Å². The van der Waals surface area contributed by atoms with Gasteiger partial charge >= 0.3 is 6.09 Å². The summed E-state index contributed by atoms with van der Waals surface area (Å²) in [6.45, 7) is 0.307. The van der Waals surface area contributed by atoms with E-state index in [-0.39, 0.29) is 18.8 Å². The average molecular weight is 301 g/mol. The van der Waals surface area contributed by atoms with Crippen LogP contribution in [-0.4, -0.2) is 39.4 Å². The number of rotatable bonds is 6. The first-order valence-electron chi connectivity index (χ1n) is 7.05. The molecule has 0 radical (unpaired) electrons. The van der Waals surface area contributed by atoms with Gasteiger partial charge in [0.2, 0.25) is 0 Å². The predicted octanol–water partition coefficient (Wildman–Crippen LogP) is 2.65. The van der Waals surface area contributed by atoms with Gasteiger partial charge < -0.3 is 20.2 Å². The Kier molecular flexibility index (Phi) is 5.38. The van der Waals surface area contributed by atoms with Crippen LogP contribution in [0.3, 0.4) is 0 Å². The average Bonchev–Trinajstić information content (AvgIpc) is 2.53. The topological polar surface area (TPSA) is 81.0 Å². The maximum atomic E-state index is 11.3. The second-order valence-electron chi connectivity index (χ2n) is 5.07. The van der Waals surface area contributed by atoms with Gasteiger partial charge in [-0.2, -0.15) is 0 Å². The lowest BCUT2D eigenvalue weighted by Crippen LogP contribution is -2.35. The zero-order chi connectivity index (χ0) is 15.9. The van der Waals surface area contributed by atoms with Gasteiger partial charge in [-0.25, -0.2) is 4.79 Å². The molecule has 116 valence electrons. The van der Waals surface area contributed by atoms with Gasteiger partial charge in [-0.1, -0.05) is 42.5 Å². The maximum absolute atomic E-state index is 11.3. The van der Waals surface area contributed by atoms with Crippen LogP contribution in [0.2, 0.25) is 0 Å². The molecule has 2 aromatic rings. The van der Waals surface area contributed by atoms with Crippen molar-refractivity contribution in [2.45, 2.75) is 12.5 Å². The van der Waals surface area contributed by atoms with Gasteiger partial charge in [0.15, 0.2) is 0 Å². The van der Waals surface area contributed by atoms with Crippen LogP contribution in [0.15, 0.2) is 54.6 Å². The number of carbonyl (C=O) groups is 1. The summed E-state index contributed by atoms with van der Waals surface area (Å²) >= 11 is 0. The Morgan fingerprint density at radius 1 is 1.05 bits per heavy atom. The molecule has 5 heteroatoms. The van der Waals surface area contributed by atoms with E-state index < -0.39 is 12.2 Å². The molecule has 1 amide bonds. The number of aliphatic hydroxyl groups is 1. The Hall–Kier alpha value is -2.53. The zero-order valence-electron chi connectivity index (χ0n) is 12.1. The van der Waals surface area contributed by atoms with Crippen molar-refractivity contribution in [3.63, 3.8) is 0 Å². The van der Waals surface area contributed by atoms with E-state index in [1.54, 1.807) is 48.5 Å². The number of aromatic hydroxyl groups is 1. The number of nitrogens with zero attached hydrogens (tertiary/aromatic N) is 1. The fraction of sp³-hybridized carbons (Fsp3) is 0.235. The summed E-state index contributed by atoms with van der Waals surface area (Å²) in [5, 5.41) is 28.6. The molecule has 0 fully saturated rings. The van der Waals surface area contributed by atoms with Gasteiger partial charge in [-0.3, -0.25) is 0 Å². The minimum atomic E-state index is -1.06. The van der Waals surface area contributed by atoms with Gasteiger partial charge in [-0.15, -0.1) is 0 Å². The first-order chi connectivity index (χ1) is 10.6. The molecule has 0 aliphatic heterocycles. The van der Waals surface area contributed by atoms with E-state index in [9.17, 15) is 20.1 Å². The first-order valence-corrected chi connectivity index (χ1v) is 7.05. The molecule has 0 aromatic heterocycles. The van der Waals surface area contributed by atoms with E-state index in [0.29, 0.717) is 12.0 Å². The van der Waals surface area contributed by atoms with E-state index in [2.05, 4.69) is 0 Å². The van der Waals surface area contributed by atoms with Crippen LogP contribution in [-0.2, 0) is 6.42 Å². The first kappa shape index (κ1) is 15.9. The molecule has 5 nitrogen and oxygen atoms in total. The van der Waals surface area contributed by atoms with Gasteiger partial charge in [0.05, 0.1) is 12.6 Å². The molecule has 0 saturated heterocycles. The number of carboxylic acid groups (broad SMARTS) is 1. The summed E-state index contributed by atoms with van der Waals surface area (Å²) in [6.07, 6.45) is -1.39. The highest BCUT2D eigenvalue weighted by atomic mass is 16.4. The second-order valence-corrected chi connectivity index (χ2v) is 5.07. The highest BCUT2D eigenvalue weighted by Gasteiger charge is 2.17. The van der Waals surface area contributed by atoms with Crippen molar-refractivity contribution in [1.82, 2.24) is 4.90 Å². The van der Waals surface area contributed by atoms with Crippen LogP contribution in [0.4, 0.5) is 4.79 Å². The monoisotopic (exact) mass is 301 g/mol. The van der Waals surface area contributed by atoms with E-state index in [4.69, 9.17) is 0 Å². The third-order valence-corrected chi connectivity index (χ3v) is 3.45. The van der Waals surface area contributed by atoms with Crippen LogP contribution in [0, 0.1) is 0 Å². The number of hydrogen-bond donors (Lipinski definition) is 3. The Balaban J connectivity index is 1.95. The minimum Gasteiger partial charge on any atom is -0.508 e. The van der Waals surface area contributed by atoms with E-state index in [1.807, 2.05) is 6.07 Å². The van der Waals surface area contributed by atoms with Crippen molar-refractivity contribution in [2.24, 2.45) is 0 Å². The third kappa shape index (κ3) is 4.49. The standard InChI is InChI=1S/C17H19NO4/c19-15-8-6-13(7-9-15)10-11-18(17(21)22)12-16(20)14-4-2-1-3-5-14/h1-9,16,19-20H,10-12H2,(H,21,22)/t16-/m1/s1. The molecule has 0 aliphatic carbocycles. The summed E-state index contributed by atoms with van der Waals surface area (Å²) in [5.41, 5.74) is 1.62. The number of aliphatic hydroxyl groups excluding tert-OH is 1. The number of hydrogen-bond acceptors (Lipinski definition) is 3. The number of amides is 1. The van der Waals surface area contributed by atoms with Crippen molar-refractivity contribution in [2.75, 3.05) is 13.1 Å². The summed E-state index contributed by atoms with van der Waals surface area (Å²) in [6, 6.07) is 15.6. The molecule has 0 aliphatic rings. The fourth-order valence-corrected chi connectivity index (χ4v) is 2.18. The lowest BCUT2D eigenvalue weighted by atomic mass is 10.1. The highest BCUT2D eigenvalue weighted by Crippen LogP contribution is 2.15. The molecule has 0 unspecified atom stereocenters. The van der Waals surface area contributed by atoms with Crippen molar-refractivity contribution >= 4 is 6.09 Å². The summed E-state index contributed by atoms with van der Waals surface area (Å²) in [7, 11) is 0. The molecule has 1 atom stereocenters. The van der Waals surface area contributed by atoms with Crippen molar-refractivity contribution in [3.05, 3.63) is 65.7 Å². The molecule has 2 aromatic carbocycles. The van der Waals surface area contributed by atoms with Gasteiger partial charge in [0.1, 0.15) is 5.75 Å². The van der Waals surface area contributed by atoms with Gasteiger partial charge in [0, 0.05) is 6.54 Å². The maximum Gasteiger partial charge on any atom is 0.407 e. The van der Waals surface area contributed by atoms with E-state index >= 15 is 0 Å². The van der Waals surface area contributed by atoms with Gasteiger partial charge in [0.25, 0.3) is 0 Å². The summed E-state index contributed by atoms with van der Waals surface area (Å²) in [4.78, 5) is 12.5. The molecule has 0 heterocycles. The number of phenols is 1. The SMILES string of the molecule is O=C(O)N(CCc1ccc(O)cc1)C[C@@H](O)c1ccccc1. The van der Waals surface area contributed by atoms with Crippen molar-refractivity contribution < 1.29 is 20.1 Å². The molecule has 22 heavy (non-hydrogen) atoms. The minimum absolute atomic E-state index is 0.0252. The smallest absolute Gasteiger partial charge is 0.407 e. The fourth-order valence-electron chi connectivity index (χ4n) is 2.18. The second kappa shape index (κ2) is 7.47. The quantitative estimate of drug-likeness (QED) is 0.766. The van der Waals surface area contributed by atoms with E-state index in [1.165, 1.54) is 4.90 Å². The van der Waals surface area contributed by atoms with Crippen molar-refractivity contribution in [1.29, 1.82) is 0 Å². The lowest BCUT2D eigenvalue weighted by molar-refractivity contribution is 0.0973. The van der Waals surface area contributed by atoms with Crippen LogP contribution in [0.1, 0.15) is 17.2 Å².